The zero-order valence-corrected chi connectivity index (χ0v) is 9.28. The summed E-state index contributed by atoms with van der Waals surface area (Å²) in [6.07, 6.45) is 4.76. The molecule has 2 rings (SSSR count). The second-order valence-electron chi connectivity index (χ2n) is 4.36. The van der Waals surface area contributed by atoms with Crippen LogP contribution in [0.5, 0.6) is 0 Å². The molecule has 1 aromatic rings. The summed E-state index contributed by atoms with van der Waals surface area (Å²) in [5.74, 6) is -0.393. The summed E-state index contributed by atoms with van der Waals surface area (Å²) in [5.41, 5.74) is 2.18. The molecule has 1 aromatic carbocycles. The van der Waals surface area contributed by atoms with Crippen molar-refractivity contribution in [3.63, 3.8) is 0 Å². The van der Waals surface area contributed by atoms with Crippen molar-refractivity contribution in [2.24, 2.45) is 5.92 Å². The minimum absolute atomic E-state index is 0.374. The Morgan fingerprint density at radius 3 is 2.31 bits per heavy atom. The van der Waals surface area contributed by atoms with Gasteiger partial charge in [0, 0.05) is 0 Å². The van der Waals surface area contributed by atoms with Crippen LogP contribution in [0.15, 0.2) is 30.8 Å². The van der Waals surface area contributed by atoms with E-state index in [1.807, 2.05) is 12.1 Å². The van der Waals surface area contributed by atoms with Crippen LogP contribution in [0.1, 0.15) is 41.6 Å². The van der Waals surface area contributed by atoms with Gasteiger partial charge in [-0.15, -0.1) is 0 Å². The van der Waals surface area contributed by atoms with E-state index >= 15 is 0 Å². The number of carboxylic acids is 1. The third-order valence-corrected chi connectivity index (χ3v) is 3.35. The van der Waals surface area contributed by atoms with Crippen molar-refractivity contribution in [1.29, 1.82) is 0 Å². The summed E-state index contributed by atoms with van der Waals surface area (Å²) in [6.45, 7) is 4.09. The highest BCUT2D eigenvalue weighted by Crippen LogP contribution is 2.36. The van der Waals surface area contributed by atoms with Crippen molar-refractivity contribution in [1.82, 2.24) is 0 Å². The Labute approximate surface area is 95.6 Å². The number of carboxylic acid groups (broad SMARTS) is 1. The summed E-state index contributed by atoms with van der Waals surface area (Å²) in [5, 5.41) is 9.12. The Kier molecular flexibility index (Phi) is 3.09. The number of allylic oxidation sites excluding steroid dienone is 1. The minimum atomic E-state index is -0.866. The van der Waals surface area contributed by atoms with Crippen molar-refractivity contribution in [3.05, 3.63) is 42.0 Å². The van der Waals surface area contributed by atoms with Gasteiger partial charge in [-0.2, -0.15) is 0 Å². The summed E-state index contributed by atoms with van der Waals surface area (Å²) in [6, 6.07) is 7.15. The summed E-state index contributed by atoms with van der Waals surface area (Å²) in [4.78, 5) is 11.1. The van der Waals surface area contributed by atoms with Gasteiger partial charge in [0.05, 0.1) is 5.56 Å². The third kappa shape index (κ3) is 2.01. The molecule has 0 bridgehead atoms. The Morgan fingerprint density at radius 1 is 1.19 bits per heavy atom. The van der Waals surface area contributed by atoms with Crippen LogP contribution in [0.3, 0.4) is 0 Å². The number of aromatic carboxylic acids is 1. The molecule has 0 atom stereocenters. The van der Waals surface area contributed by atoms with Gasteiger partial charge in [0.15, 0.2) is 0 Å². The maximum absolute atomic E-state index is 11.1. The number of benzene rings is 1. The fourth-order valence-corrected chi connectivity index (χ4v) is 2.44. The first-order chi connectivity index (χ1) is 7.70. The van der Waals surface area contributed by atoms with Crippen LogP contribution >= 0.6 is 0 Å². The number of rotatable bonds is 3. The second kappa shape index (κ2) is 4.52. The van der Waals surface area contributed by atoms with E-state index in [2.05, 4.69) is 6.58 Å². The molecule has 0 radical (unpaired) electrons. The van der Waals surface area contributed by atoms with Crippen LogP contribution in [-0.4, -0.2) is 11.1 Å². The number of carbonyl (C=O) groups is 1. The maximum atomic E-state index is 11.1. The van der Waals surface area contributed by atoms with E-state index in [0.29, 0.717) is 11.5 Å². The van der Waals surface area contributed by atoms with Crippen LogP contribution in [0.25, 0.3) is 5.57 Å². The van der Waals surface area contributed by atoms with Crippen LogP contribution in [0.2, 0.25) is 0 Å². The van der Waals surface area contributed by atoms with Crippen LogP contribution in [0.4, 0.5) is 0 Å². The fourth-order valence-electron chi connectivity index (χ4n) is 2.44. The maximum Gasteiger partial charge on any atom is 0.336 e. The second-order valence-corrected chi connectivity index (χ2v) is 4.36. The molecule has 0 aromatic heterocycles. The van der Waals surface area contributed by atoms with E-state index < -0.39 is 5.97 Å². The van der Waals surface area contributed by atoms with Crippen molar-refractivity contribution < 1.29 is 9.90 Å². The lowest BCUT2D eigenvalue weighted by molar-refractivity contribution is 0.0696. The predicted molar refractivity (Wildman–Crippen MR) is 64.4 cm³/mol. The first-order valence-electron chi connectivity index (χ1n) is 5.71. The fraction of sp³-hybridized carbons (Fsp3) is 0.357. The van der Waals surface area contributed by atoms with Crippen LogP contribution in [-0.2, 0) is 0 Å². The Morgan fingerprint density at radius 2 is 1.75 bits per heavy atom. The van der Waals surface area contributed by atoms with Crippen molar-refractivity contribution in [2.45, 2.75) is 25.7 Å². The summed E-state index contributed by atoms with van der Waals surface area (Å²) >= 11 is 0. The van der Waals surface area contributed by atoms with E-state index in [0.717, 1.165) is 24.0 Å². The molecule has 1 aliphatic carbocycles. The van der Waals surface area contributed by atoms with Gasteiger partial charge in [-0.3, -0.25) is 0 Å². The van der Waals surface area contributed by atoms with E-state index in [4.69, 9.17) is 5.11 Å². The van der Waals surface area contributed by atoms with Gasteiger partial charge in [-0.05, 0) is 36.0 Å². The lowest BCUT2D eigenvalue weighted by Gasteiger charge is -2.15. The quantitative estimate of drug-likeness (QED) is 0.838. The standard InChI is InChI=1S/C14H16O2/c1-10(11-6-2-3-7-11)12-8-4-5-9-13(12)14(15)16/h4-5,8-9,11H,1-3,6-7H2,(H,15,16). The molecular formula is C14H16O2. The highest BCUT2D eigenvalue weighted by molar-refractivity contribution is 5.94. The molecular weight excluding hydrogens is 200 g/mol. The third-order valence-electron chi connectivity index (χ3n) is 3.35. The highest BCUT2D eigenvalue weighted by atomic mass is 16.4. The zero-order chi connectivity index (χ0) is 11.5. The van der Waals surface area contributed by atoms with Gasteiger partial charge in [-0.1, -0.05) is 37.6 Å². The zero-order valence-electron chi connectivity index (χ0n) is 9.28. The van der Waals surface area contributed by atoms with Gasteiger partial charge >= 0.3 is 5.97 Å². The predicted octanol–water partition coefficient (Wildman–Crippen LogP) is 3.59. The van der Waals surface area contributed by atoms with Gasteiger partial charge in [0.25, 0.3) is 0 Å². The molecule has 1 fully saturated rings. The normalized spacial score (nSPS) is 16.2. The molecule has 16 heavy (non-hydrogen) atoms. The molecule has 2 nitrogen and oxygen atoms in total. The SMILES string of the molecule is C=C(c1ccccc1C(=O)O)C1CCCC1. The molecule has 84 valence electrons. The first-order valence-corrected chi connectivity index (χ1v) is 5.71. The number of hydrogen-bond donors (Lipinski definition) is 1. The molecule has 0 unspecified atom stereocenters. The Balaban J connectivity index is 2.32. The lowest BCUT2D eigenvalue weighted by atomic mass is 9.90. The van der Waals surface area contributed by atoms with Crippen molar-refractivity contribution in [3.8, 4) is 0 Å². The lowest BCUT2D eigenvalue weighted by Crippen LogP contribution is -2.05. The first kappa shape index (κ1) is 10.9. The molecule has 0 spiro atoms. The summed E-state index contributed by atoms with van der Waals surface area (Å²) in [7, 11) is 0. The van der Waals surface area contributed by atoms with Crippen LogP contribution < -0.4 is 0 Å². The molecule has 1 N–H and O–H groups in total. The Bertz CT molecular complexity index is 414. The van der Waals surface area contributed by atoms with Gasteiger partial charge in [0.1, 0.15) is 0 Å². The van der Waals surface area contributed by atoms with Crippen molar-refractivity contribution >= 4 is 11.5 Å². The molecule has 0 aliphatic heterocycles. The van der Waals surface area contributed by atoms with Gasteiger partial charge < -0.3 is 5.11 Å². The van der Waals surface area contributed by atoms with Gasteiger partial charge in [0.2, 0.25) is 0 Å². The summed E-state index contributed by atoms with van der Waals surface area (Å²) < 4.78 is 0. The number of hydrogen-bond acceptors (Lipinski definition) is 1. The Hall–Kier alpha value is -1.57. The molecule has 0 amide bonds. The average molecular weight is 216 g/mol. The van der Waals surface area contributed by atoms with E-state index in [1.54, 1.807) is 12.1 Å². The largest absolute Gasteiger partial charge is 0.478 e. The molecule has 2 heteroatoms. The molecule has 1 saturated carbocycles. The topological polar surface area (TPSA) is 37.3 Å². The van der Waals surface area contributed by atoms with E-state index in [-0.39, 0.29) is 0 Å². The van der Waals surface area contributed by atoms with Crippen molar-refractivity contribution in [2.75, 3.05) is 0 Å². The van der Waals surface area contributed by atoms with Gasteiger partial charge in [-0.25, -0.2) is 4.79 Å². The average Bonchev–Trinajstić information content (AvgIpc) is 2.81. The monoisotopic (exact) mass is 216 g/mol. The molecule has 0 heterocycles. The smallest absolute Gasteiger partial charge is 0.336 e. The van der Waals surface area contributed by atoms with Crippen LogP contribution in [0, 0.1) is 5.92 Å². The van der Waals surface area contributed by atoms with E-state index in [1.165, 1.54) is 12.8 Å². The van der Waals surface area contributed by atoms with E-state index in [9.17, 15) is 4.79 Å². The highest BCUT2D eigenvalue weighted by Gasteiger charge is 2.21. The molecule has 1 aliphatic rings. The minimum Gasteiger partial charge on any atom is -0.478 e. The molecule has 0 saturated heterocycles.